The predicted octanol–water partition coefficient (Wildman–Crippen LogP) is 3.40. The van der Waals surface area contributed by atoms with Crippen molar-refractivity contribution in [1.82, 2.24) is 4.98 Å². The molecule has 0 amide bonds. The molecular formula is C13H8N2O3. The van der Waals surface area contributed by atoms with Crippen molar-refractivity contribution in [1.29, 1.82) is 0 Å². The molecule has 0 N–H and O–H groups in total. The molecule has 0 spiro atoms. The third-order valence-corrected chi connectivity index (χ3v) is 2.78. The molecular weight excluding hydrogens is 232 g/mol. The van der Waals surface area contributed by atoms with Crippen LogP contribution in [-0.2, 0) is 0 Å². The van der Waals surface area contributed by atoms with Gasteiger partial charge in [-0.25, -0.2) is 0 Å². The second kappa shape index (κ2) is 3.96. The number of aromatic nitrogens is 1. The van der Waals surface area contributed by atoms with Crippen LogP contribution in [0.1, 0.15) is 0 Å². The molecule has 0 radical (unpaired) electrons. The zero-order valence-corrected chi connectivity index (χ0v) is 9.24. The number of benzene rings is 1. The van der Waals surface area contributed by atoms with E-state index in [0.717, 1.165) is 11.1 Å². The van der Waals surface area contributed by atoms with E-state index in [9.17, 15) is 10.1 Å². The van der Waals surface area contributed by atoms with Gasteiger partial charge in [0.25, 0.3) is 5.69 Å². The minimum atomic E-state index is -0.400. The summed E-state index contributed by atoms with van der Waals surface area (Å²) in [5, 5.41) is 11.5. The van der Waals surface area contributed by atoms with Crippen LogP contribution >= 0.6 is 0 Å². The number of fused-ring (bicyclic) bond motifs is 1. The monoisotopic (exact) mass is 240 g/mol. The van der Waals surface area contributed by atoms with Gasteiger partial charge in [0.1, 0.15) is 0 Å². The van der Waals surface area contributed by atoms with E-state index in [2.05, 4.69) is 4.98 Å². The number of hydrogen-bond acceptors (Lipinski definition) is 4. The number of nitro groups is 1. The fourth-order valence-corrected chi connectivity index (χ4v) is 1.97. The van der Waals surface area contributed by atoms with E-state index < -0.39 is 4.92 Å². The average Bonchev–Trinajstić information content (AvgIpc) is 2.91. The summed E-state index contributed by atoms with van der Waals surface area (Å²) in [5.74, 6) is 0. The maximum Gasteiger partial charge on any atom is 0.278 e. The molecule has 1 aromatic carbocycles. The standard InChI is InChI=1S/C13H8N2O3/c16-15(17)12-4-3-10(9-5-7-18-8-9)13-11(12)2-1-6-14-13/h1-8H. The van der Waals surface area contributed by atoms with Crippen molar-refractivity contribution >= 4 is 16.6 Å². The molecule has 0 unspecified atom stereocenters. The second-order valence-electron chi connectivity index (χ2n) is 3.80. The Morgan fingerprint density at radius 1 is 1.22 bits per heavy atom. The Balaban J connectivity index is 2.37. The highest BCUT2D eigenvalue weighted by Crippen LogP contribution is 2.32. The average molecular weight is 240 g/mol. The molecule has 3 aromatic rings. The summed E-state index contributed by atoms with van der Waals surface area (Å²) in [6.45, 7) is 0. The number of nitro benzene ring substituents is 1. The van der Waals surface area contributed by atoms with Gasteiger partial charge in [-0.1, -0.05) is 0 Å². The number of hydrogen-bond donors (Lipinski definition) is 0. The van der Waals surface area contributed by atoms with Gasteiger partial charge in [0.2, 0.25) is 0 Å². The second-order valence-corrected chi connectivity index (χ2v) is 3.80. The van der Waals surface area contributed by atoms with Crippen LogP contribution in [-0.4, -0.2) is 9.91 Å². The lowest BCUT2D eigenvalue weighted by molar-refractivity contribution is -0.383. The zero-order chi connectivity index (χ0) is 12.5. The number of rotatable bonds is 2. The molecule has 0 saturated heterocycles. The van der Waals surface area contributed by atoms with Gasteiger partial charge in [-0.2, -0.15) is 0 Å². The molecule has 0 atom stereocenters. The molecule has 5 heteroatoms. The van der Waals surface area contributed by atoms with Crippen molar-refractivity contribution in [2.75, 3.05) is 0 Å². The lowest BCUT2D eigenvalue weighted by Gasteiger charge is -2.03. The molecule has 0 aliphatic carbocycles. The maximum absolute atomic E-state index is 11.0. The van der Waals surface area contributed by atoms with Gasteiger partial charge in [-0.3, -0.25) is 15.1 Å². The largest absolute Gasteiger partial charge is 0.472 e. The van der Waals surface area contributed by atoms with Crippen molar-refractivity contribution < 1.29 is 9.34 Å². The molecule has 0 saturated carbocycles. The van der Waals surface area contributed by atoms with Crippen LogP contribution < -0.4 is 0 Å². The Kier molecular flexibility index (Phi) is 2.30. The summed E-state index contributed by atoms with van der Waals surface area (Å²) in [4.78, 5) is 14.8. The third kappa shape index (κ3) is 1.53. The highest BCUT2D eigenvalue weighted by Gasteiger charge is 2.15. The molecule has 2 aromatic heterocycles. The number of nitrogens with zero attached hydrogens (tertiary/aromatic N) is 2. The summed E-state index contributed by atoms with van der Waals surface area (Å²) in [7, 11) is 0. The fraction of sp³-hybridized carbons (Fsp3) is 0. The first kappa shape index (κ1) is 10.5. The summed E-state index contributed by atoms with van der Waals surface area (Å²) in [6, 6.07) is 8.37. The van der Waals surface area contributed by atoms with E-state index in [-0.39, 0.29) is 5.69 Å². The minimum absolute atomic E-state index is 0.0605. The third-order valence-electron chi connectivity index (χ3n) is 2.78. The summed E-state index contributed by atoms with van der Waals surface area (Å²) < 4.78 is 5.03. The summed E-state index contributed by atoms with van der Waals surface area (Å²) >= 11 is 0. The Morgan fingerprint density at radius 3 is 2.83 bits per heavy atom. The van der Waals surface area contributed by atoms with E-state index in [1.165, 1.54) is 6.07 Å². The van der Waals surface area contributed by atoms with Crippen LogP contribution in [0, 0.1) is 10.1 Å². The van der Waals surface area contributed by atoms with E-state index in [1.54, 1.807) is 43.0 Å². The van der Waals surface area contributed by atoms with Crippen LogP contribution in [0.3, 0.4) is 0 Å². The molecule has 5 nitrogen and oxygen atoms in total. The molecule has 0 aliphatic heterocycles. The van der Waals surface area contributed by atoms with Crippen LogP contribution in [0.25, 0.3) is 22.0 Å². The Hall–Kier alpha value is -2.69. The molecule has 2 heterocycles. The Bertz CT molecular complexity index is 720. The van der Waals surface area contributed by atoms with Crippen molar-refractivity contribution in [3.8, 4) is 11.1 Å². The minimum Gasteiger partial charge on any atom is -0.472 e. The van der Waals surface area contributed by atoms with Crippen LogP contribution in [0.2, 0.25) is 0 Å². The van der Waals surface area contributed by atoms with Gasteiger partial charge in [0.15, 0.2) is 0 Å². The Morgan fingerprint density at radius 2 is 2.11 bits per heavy atom. The quantitative estimate of drug-likeness (QED) is 0.508. The predicted molar refractivity (Wildman–Crippen MR) is 66.1 cm³/mol. The van der Waals surface area contributed by atoms with Gasteiger partial charge >= 0.3 is 0 Å². The van der Waals surface area contributed by atoms with Crippen molar-refractivity contribution in [2.45, 2.75) is 0 Å². The summed E-state index contributed by atoms with van der Waals surface area (Å²) in [6.07, 6.45) is 4.77. The number of pyridine rings is 1. The fourth-order valence-electron chi connectivity index (χ4n) is 1.97. The van der Waals surface area contributed by atoms with Crippen molar-refractivity contribution in [2.24, 2.45) is 0 Å². The SMILES string of the molecule is O=[N+]([O-])c1ccc(-c2ccoc2)c2ncccc12. The summed E-state index contributed by atoms with van der Waals surface area (Å²) in [5.41, 5.74) is 2.34. The molecule has 0 bridgehead atoms. The van der Waals surface area contributed by atoms with Crippen LogP contribution in [0.4, 0.5) is 5.69 Å². The molecule has 88 valence electrons. The van der Waals surface area contributed by atoms with E-state index in [0.29, 0.717) is 10.9 Å². The number of non-ortho nitro benzene ring substituents is 1. The molecule has 18 heavy (non-hydrogen) atoms. The molecule has 0 aliphatic rings. The molecule has 0 fully saturated rings. The van der Waals surface area contributed by atoms with Crippen LogP contribution in [0.5, 0.6) is 0 Å². The molecule has 3 rings (SSSR count). The van der Waals surface area contributed by atoms with Gasteiger partial charge in [0, 0.05) is 23.4 Å². The highest BCUT2D eigenvalue weighted by molar-refractivity contribution is 5.98. The lowest BCUT2D eigenvalue weighted by Crippen LogP contribution is -1.92. The first-order valence-electron chi connectivity index (χ1n) is 5.32. The lowest BCUT2D eigenvalue weighted by atomic mass is 10.0. The van der Waals surface area contributed by atoms with Crippen molar-refractivity contribution in [3.63, 3.8) is 0 Å². The van der Waals surface area contributed by atoms with Crippen LogP contribution in [0.15, 0.2) is 53.5 Å². The van der Waals surface area contributed by atoms with E-state index >= 15 is 0 Å². The normalized spacial score (nSPS) is 10.7. The zero-order valence-electron chi connectivity index (χ0n) is 9.24. The van der Waals surface area contributed by atoms with Gasteiger partial charge in [0.05, 0.1) is 28.4 Å². The first-order valence-corrected chi connectivity index (χ1v) is 5.32. The smallest absolute Gasteiger partial charge is 0.278 e. The van der Waals surface area contributed by atoms with Gasteiger partial charge in [-0.15, -0.1) is 0 Å². The number of furan rings is 1. The highest BCUT2D eigenvalue weighted by atomic mass is 16.6. The Labute approximate surface area is 102 Å². The first-order chi connectivity index (χ1) is 8.77. The van der Waals surface area contributed by atoms with E-state index in [4.69, 9.17) is 4.42 Å². The van der Waals surface area contributed by atoms with E-state index in [1.807, 2.05) is 0 Å². The van der Waals surface area contributed by atoms with Gasteiger partial charge in [-0.05, 0) is 24.3 Å². The van der Waals surface area contributed by atoms with Gasteiger partial charge < -0.3 is 4.42 Å². The van der Waals surface area contributed by atoms with Crippen molar-refractivity contribution in [3.05, 3.63) is 59.2 Å². The maximum atomic E-state index is 11.0. The topological polar surface area (TPSA) is 69.2 Å².